The highest BCUT2D eigenvalue weighted by molar-refractivity contribution is 6.27. The number of aldehydes is 1. The molecule has 3 atom stereocenters. The molecule has 0 saturated carbocycles. The van der Waals surface area contributed by atoms with Gasteiger partial charge in [-0.2, -0.15) is 0 Å². The number of carbonyl (C=O) groups excluding carboxylic acids is 2. The third-order valence-corrected chi connectivity index (χ3v) is 7.01. The van der Waals surface area contributed by atoms with Crippen LogP contribution in [0.5, 0.6) is 0 Å². The minimum atomic E-state index is -0.518. The molecule has 2 heterocycles. The quantitative estimate of drug-likeness (QED) is 0.403. The van der Waals surface area contributed by atoms with E-state index in [1.54, 1.807) is 0 Å². The van der Waals surface area contributed by atoms with Gasteiger partial charge in [0.05, 0.1) is 0 Å². The molecule has 2 aliphatic rings. The minimum absolute atomic E-state index is 0.227. The van der Waals surface area contributed by atoms with Crippen molar-refractivity contribution in [2.45, 2.75) is 25.0 Å². The van der Waals surface area contributed by atoms with Crippen molar-refractivity contribution in [3.8, 4) is 0 Å². The van der Waals surface area contributed by atoms with Crippen LogP contribution in [0, 0.1) is 11.7 Å². The fourth-order valence-corrected chi connectivity index (χ4v) is 5.52. The number of hydrogen-bond acceptors (Lipinski definition) is 4. The zero-order valence-corrected chi connectivity index (χ0v) is 18.4. The molecule has 1 fully saturated rings. The van der Waals surface area contributed by atoms with Gasteiger partial charge in [-0.25, -0.2) is 4.39 Å². The summed E-state index contributed by atoms with van der Waals surface area (Å²) in [6, 6.07) is 24.6. The lowest BCUT2D eigenvalue weighted by molar-refractivity contribution is -0.133. The molecule has 4 nitrogen and oxygen atoms in total. The third-order valence-electron chi connectivity index (χ3n) is 7.01. The second-order valence-corrected chi connectivity index (χ2v) is 9.15. The minimum Gasteiger partial charge on any atom is -0.298 e. The maximum absolute atomic E-state index is 13.6. The first-order valence-electron chi connectivity index (χ1n) is 11.4. The number of fused-ring (bicyclic) bond motifs is 1. The Hall–Kier alpha value is -3.15. The average Bonchev–Trinajstić information content (AvgIpc) is 3.40. The lowest BCUT2D eigenvalue weighted by Gasteiger charge is -2.28. The van der Waals surface area contributed by atoms with Gasteiger partial charge in [0.2, 0.25) is 5.78 Å². The highest BCUT2D eigenvalue weighted by Crippen LogP contribution is 2.39. The Morgan fingerprint density at radius 3 is 2.42 bits per heavy atom. The Kier molecular flexibility index (Phi) is 6.16. The van der Waals surface area contributed by atoms with Gasteiger partial charge in [0.15, 0.2) is 6.29 Å². The van der Waals surface area contributed by atoms with E-state index in [0.717, 1.165) is 36.3 Å². The molecule has 3 aromatic rings. The van der Waals surface area contributed by atoms with Crippen molar-refractivity contribution >= 4 is 12.1 Å². The molecule has 1 saturated heterocycles. The van der Waals surface area contributed by atoms with Crippen LogP contribution in [-0.4, -0.2) is 41.5 Å². The van der Waals surface area contributed by atoms with E-state index in [0.29, 0.717) is 19.4 Å². The molecule has 3 unspecified atom stereocenters. The second-order valence-electron chi connectivity index (χ2n) is 9.15. The zero-order valence-electron chi connectivity index (χ0n) is 18.4. The van der Waals surface area contributed by atoms with Crippen LogP contribution in [0.15, 0.2) is 78.9 Å². The maximum Gasteiger partial charge on any atom is 0.216 e. The van der Waals surface area contributed by atoms with Crippen molar-refractivity contribution in [3.05, 3.63) is 107 Å². The molecular formula is C28H27FN2O2. The van der Waals surface area contributed by atoms with Gasteiger partial charge in [-0.1, -0.05) is 66.7 Å². The van der Waals surface area contributed by atoms with Crippen LogP contribution in [0.1, 0.15) is 34.2 Å². The Labute approximate surface area is 193 Å². The summed E-state index contributed by atoms with van der Waals surface area (Å²) in [6.45, 7) is 3.97. The molecule has 5 rings (SSSR count). The normalized spacial score (nSPS) is 22.9. The molecular weight excluding hydrogens is 415 g/mol. The van der Waals surface area contributed by atoms with Crippen LogP contribution in [0.25, 0.3) is 0 Å². The molecule has 0 aliphatic carbocycles. The van der Waals surface area contributed by atoms with Gasteiger partial charge in [0, 0.05) is 38.6 Å². The number of ketones is 1. The van der Waals surface area contributed by atoms with Crippen molar-refractivity contribution in [3.63, 3.8) is 0 Å². The van der Waals surface area contributed by atoms with Gasteiger partial charge >= 0.3 is 0 Å². The number of benzene rings is 3. The Morgan fingerprint density at radius 1 is 0.939 bits per heavy atom. The van der Waals surface area contributed by atoms with E-state index in [1.807, 2.05) is 42.5 Å². The Bertz CT molecular complexity index is 1130. The van der Waals surface area contributed by atoms with Gasteiger partial charge in [-0.15, -0.1) is 0 Å². The van der Waals surface area contributed by atoms with E-state index in [-0.39, 0.29) is 17.7 Å². The molecule has 33 heavy (non-hydrogen) atoms. The van der Waals surface area contributed by atoms with Crippen molar-refractivity contribution in [2.75, 3.05) is 19.6 Å². The summed E-state index contributed by atoms with van der Waals surface area (Å²) in [5, 5.41) is 0. The van der Waals surface area contributed by atoms with Crippen molar-refractivity contribution < 1.29 is 14.0 Å². The standard InChI is InChI=1S/C28H27FN2O2/c29-24-12-10-21(11-13-24)26-18-30(14-20-6-2-1-3-7-20)15-23(26)17-31-16-22-8-4-5-9-25(22)28(31)27(33)19-32/h1-13,19,23,26,28H,14-18H2. The first-order chi connectivity index (χ1) is 16.1. The van der Waals surface area contributed by atoms with E-state index in [1.165, 1.54) is 17.7 Å². The summed E-state index contributed by atoms with van der Waals surface area (Å²) in [6.07, 6.45) is 0.452. The predicted octanol–water partition coefficient (Wildman–Crippen LogP) is 4.37. The van der Waals surface area contributed by atoms with Crippen LogP contribution >= 0.6 is 0 Å². The smallest absolute Gasteiger partial charge is 0.216 e. The monoisotopic (exact) mass is 442 g/mol. The van der Waals surface area contributed by atoms with Crippen molar-refractivity contribution in [1.29, 1.82) is 0 Å². The molecule has 3 aromatic carbocycles. The molecule has 2 aliphatic heterocycles. The van der Waals surface area contributed by atoms with Crippen molar-refractivity contribution in [2.24, 2.45) is 5.92 Å². The number of Topliss-reactive ketones (excluding diaryl/α,β-unsaturated/α-hetero) is 1. The van der Waals surface area contributed by atoms with Crippen LogP contribution in [0.3, 0.4) is 0 Å². The van der Waals surface area contributed by atoms with Gasteiger partial charge in [-0.05, 0) is 40.3 Å². The highest BCUT2D eigenvalue weighted by Gasteiger charge is 2.40. The van der Waals surface area contributed by atoms with Gasteiger partial charge < -0.3 is 0 Å². The van der Waals surface area contributed by atoms with E-state index in [9.17, 15) is 14.0 Å². The summed E-state index contributed by atoms with van der Waals surface area (Å²) in [4.78, 5) is 28.6. The third kappa shape index (κ3) is 4.52. The number of halogens is 1. The molecule has 168 valence electrons. The zero-order chi connectivity index (χ0) is 22.8. The fourth-order valence-electron chi connectivity index (χ4n) is 5.52. The molecule has 0 amide bonds. The van der Waals surface area contributed by atoms with E-state index in [4.69, 9.17) is 0 Å². The molecule has 0 aromatic heterocycles. The van der Waals surface area contributed by atoms with Crippen molar-refractivity contribution in [1.82, 2.24) is 9.80 Å². The Balaban J connectivity index is 1.40. The molecule has 0 N–H and O–H groups in total. The SMILES string of the molecule is O=CC(=O)C1c2ccccc2CN1CC1CN(Cc2ccccc2)CC1c1ccc(F)cc1. The van der Waals surface area contributed by atoms with Crippen LogP contribution in [-0.2, 0) is 22.7 Å². The molecule has 0 radical (unpaired) electrons. The van der Waals surface area contributed by atoms with Gasteiger partial charge in [-0.3, -0.25) is 19.4 Å². The first-order valence-corrected chi connectivity index (χ1v) is 11.4. The summed E-state index contributed by atoms with van der Waals surface area (Å²) < 4.78 is 13.6. The first kappa shape index (κ1) is 21.7. The van der Waals surface area contributed by atoms with Gasteiger partial charge in [0.1, 0.15) is 11.9 Å². The second kappa shape index (κ2) is 9.38. The number of carbonyl (C=O) groups is 2. The largest absolute Gasteiger partial charge is 0.298 e. The lowest BCUT2D eigenvalue weighted by Crippen LogP contribution is -2.35. The predicted molar refractivity (Wildman–Crippen MR) is 125 cm³/mol. The lowest BCUT2D eigenvalue weighted by atomic mass is 9.88. The summed E-state index contributed by atoms with van der Waals surface area (Å²) in [7, 11) is 0. The number of hydrogen-bond donors (Lipinski definition) is 0. The van der Waals surface area contributed by atoms with Crippen LogP contribution in [0.4, 0.5) is 4.39 Å². The van der Waals surface area contributed by atoms with E-state index in [2.05, 4.69) is 34.1 Å². The molecule has 0 spiro atoms. The summed E-state index contributed by atoms with van der Waals surface area (Å²) in [5.41, 5.74) is 4.42. The summed E-state index contributed by atoms with van der Waals surface area (Å²) in [5.74, 6) is -0.140. The van der Waals surface area contributed by atoms with Crippen LogP contribution in [0.2, 0.25) is 0 Å². The van der Waals surface area contributed by atoms with Gasteiger partial charge in [0.25, 0.3) is 0 Å². The number of likely N-dealkylation sites (tertiary alicyclic amines) is 1. The average molecular weight is 443 g/mol. The maximum atomic E-state index is 13.6. The highest BCUT2D eigenvalue weighted by atomic mass is 19.1. The summed E-state index contributed by atoms with van der Waals surface area (Å²) >= 11 is 0. The van der Waals surface area contributed by atoms with Crippen LogP contribution < -0.4 is 0 Å². The topological polar surface area (TPSA) is 40.6 Å². The number of nitrogens with zero attached hydrogens (tertiary/aromatic N) is 2. The fraction of sp³-hybridized carbons (Fsp3) is 0.286. The molecule has 5 heteroatoms. The number of rotatable bonds is 7. The van der Waals surface area contributed by atoms with E-state index < -0.39 is 11.8 Å². The van der Waals surface area contributed by atoms with E-state index >= 15 is 0 Å². The Morgan fingerprint density at radius 2 is 1.67 bits per heavy atom. The molecule has 0 bridgehead atoms.